The fourth-order valence-electron chi connectivity index (χ4n) is 4.27. The van der Waals surface area contributed by atoms with E-state index in [1.807, 2.05) is 0 Å². The normalized spacial score (nSPS) is 9.64. The summed E-state index contributed by atoms with van der Waals surface area (Å²) in [5.41, 5.74) is 1.63. The first-order valence-electron chi connectivity index (χ1n) is 15.7. The molecule has 61 heavy (non-hydrogen) atoms. The van der Waals surface area contributed by atoms with E-state index in [1.54, 1.807) is 0 Å². The monoisotopic (exact) mass is 924 g/mol. The summed E-state index contributed by atoms with van der Waals surface area (Å²) in [5.74, 6) is 0.0168. The Hall–Kier alpha value is -8.86. The van der Waals surface area contributed by atoms with Gasteiger partial charge in [-0.05, 0) is 72.8 Å². The van der Waals surface area contributed by atoms with E-state index in [4.69, 9.17) is 0 Å². The second kappa shape index (κ2) is 22.8. The van der Waals surface area contributed by atoms with Crippen LogP contribution in [0.1, 0.15) is 0 Å². The Morgan fingerprint density at radius 1 is 0.295 bits per heavy atom. The van der Waals surface area contributed by atoms with Gasteiger partial charge in [0.05, 0.1) is 68.7 Å². The van der Waals surface area contributed by atoms with E-state index >= 15 is 0 Å². The molecule has 0 aliphatic rings. The summed E-state index contributed by atoms with van der Waals surface area (Å²) in [5, 5.41) is 62.0. The molecule has 25 heteroatoms. The SMILES string of the molecule is O=C([O-])Oc1ccnc(-c2cc(OC(=O)[O-])ccn2)c1.O=C([O-])Oc1ccnc(-c2cc(OC(=O)[O-])ccn2)c1.O=C([O-])Oc1ccnc(-c2cc(OC(=O)[O-])ccn2)c1.[Ru+6]. The summed E-state index contributed by atoms with van der Waals surface area (Å²) >= 11 is 0. The molecule has 0 saturated heterocycles. The van der Waals surface area contributed by atoms with Crippen molar-refractivity contribution in [2.24, 2.45) is 0 Å². The van der Waals surface area contributed by atoms with Crippen LogP contribution in [0.4, 0.5) is 28.8 Å². The fourth-order valence-corrected chi connectivity index (χ4v) is 4.27. The maximum absolute atomic E-state index is 10.3. The molecule has 6 aromatic rings. The molecule has 6 heterocycles. The van der Waals surface area contributed by atoms with E-state index in [0.29, 0.717) is 0 Å². The van der Waals surface area contributed by atoms with E-state index in [0.717, 1.165) is 0 Å². The molecule has 0 amide bonds. The molecule has 0 atom stereocenters. The molecule has 6 rings (SSSR count). The van der Waals surface area contributed by atoms with Crippen LogP contribution in [0.15, 0.2) is 110 Å². The topological polar surface area (TPSA) is 374 Å². The van der Waals surface area contributed by atoms with E-state index in [1.165, 1.54) is 110 Å². The van der Waals surface area contributed by atoms with Gasteiger partial charge in [0.15, 0.2) is 0 Å². The number of hydrogen-bond donors (Lipinski definition) is 0. The summed E-state index contributed by atoms with van der Waals surface area (Å²) in [7, 11) is 0. The molecule has 0 radical (unpaired) electrons. The van der Waals surface area contributed by atoms with Crippen LogP contribution in [0.25, 0.3) is 34.2 Å². The van der Waals surface area contributed by atoms with Gasteiger partial charge in [-0.15, -0.1) is 0 Å². The predicted octanol–water partition coefficient (Wildman–Crippen LogP) is -1.24. The minimum atomic E-state index is -1.70. The fraction of sp³-hybridized carbons (Fsp3) is 0. The number of hydrogen-bond acceptors (Lipinski definition) is 24. The van der Waals surface area contributed by atoms with Gasteiger partial charge >= 0.3 is 19.5 Å². The van der Waals surface area contributed by atoms with Crippen LogP contribution in [-0.2, 0) is 19.5 Å². The quantitative estimate of drug-likeness (QED) is 0.121. The molecule has 0 bridgehead atoms. The van der Waals surface area contributed by atoms with Gasteiger partial charge in [-0.1, -0.05) is 0 Å². The number of rotatable bonds is 9. The number of ether oxygens (including phenoxy) is 6. The molecule has 24 nitrogen and oxygen atoms in total. The van der Waals surface area contributed by atoms with Gasteiger partial charge in [-0.2, -0.15) is 0 Å². The predicted molar refractivity (Wildman–Crippen MR) is 179 cm³/mol. The van der Waals surface area contributed by atoms with Crippen molar-refractivity contribution in [3.05, 3.63) is 110 Å². The Morgan fingerprint density at radius 3 is 0.541 bits per heavy atom. The Bertz CT molecular complexity index is 2080. The van der Waals surface area contributed by atoms with Crippen LogP contribution < -0.4 is 59.1 Å². The van der Waals surface area contributed by atoms with Crippen LogP contribution in [0.3, 0.4) is 0 Å². The minimum Gasteiger partial charge on any atom is -0.514 e. The summed E-state index contributed by atoms with van der Waals surface area (Å²) in [6.45, 7) is 0. The zero-order valence-electron chi connectivity index (χ0n) is 29.8. The summed E-state index contributed by atoms with van der Waals surface area (Å²) in [4.78, 5) is 85.8. The summed E-state index contributed by atoms with van der Waals surface area (Å²) in [6, 6.07) is 15.8. The first kappa shape index (κ1) is 46.5. The van der Waals surface area contributed by atoms with Gasteiger partial charge in [-0.3, -0.25) is 29.9 Å². The van der Waals surface area contributed by atoms with Crippen molar-refractivity contribution >= 4 is 36.9 Å². The van der Waals surface area contributed by atoms with Gasteiger partial charge in [0.2, 0.25) is 0 Å². The third kappa shape index (κ3) is 16.3. The van der Waals surface area contributed by atoms with Crippen LogP contribution in [-0.4, -0.2) is 66.8 Å². The minimum absolute atomic E-state index is 0. The molecule has 0 aromatic carbocycles. The molecule has 6 aromatic heterocycles. The number of carboxylic acid groups (broad SMARTS) is 6. The molecular weight excluding hydrogens is 905 g/mol. The van der Waals surface area contributed by atoms with Crippen LogP contribution >= 0.6 is 0 Å². The second-order valence-electron chi connectivity index (χ2n) is 10.4. The van der Waals surface area contributed by atoms with E-state index in [2.05, 4.69) is 58.3 Å². The van der Waals surface area contributed by atoms with E-state index < -0.39 is 36.9 Å². The number of nitrogens with zero attached hydrogens (tertiary/aromatic N) is 6. The molecule has 0 fully saturated rings. The maximum atomic E-state index is 10.3. The Labute approximate surface area is 352 Å². The van der Waals surface area contributed by atoms with Crippen LogP contribution in [0.2, 0.25) is 0 Å². The van der Waals surface area contributed by atoms with Crippen molar-refractivity contribution < 1.29 is 107 Å². The smallest absolute Gasteiger partial charge is 0.514 e. The third-order valence-electron chi connectivity index (χ3n) is 6.38. The number of carbonyl (C=O) groups excluding carboxylic acids is 6. The van der Waals surface area contributed by atoms with Gasteiger partial charge < -0.3 is 87.8 Å². The Morgan fingerprint density at radius 2 is 0.426 bits per heavy atom. The molecule has 0 N–H and O–H groups in total. The van der Waals surface area contributed by atoms with Gasteiger partial charge in [0.1, 0.15) is 0 Å². The Balaban J connectivity index is 0.000000242. The van der Waals surface area contributed by atoms with Gasteiger partial charge in [-0.25, -0.2) is 0 Å². The van der Waals surface area contributed by atoms with Crippen molar-refractivity contribution in [3.8, 4) is 68.7 Å². The maximum Gasteiger partial charge on any atom is 6.00 e. The first-order valence-corrected chi connectivity index (χ1v) is 15.7. The average Bonchev–Trinajstić information content (AvgIpc) is 3.18. The van der Waals surface area contributed by atoms with Crippen molar-refractivity contribution in [3.63, 3.8) is 0 Å². The molecular formula is C36H18N6O18Ru. The number of carbonyl (C=O) groups is 6. The van der Waals surface area contributed by atoms with Crippen molar-refractivity contribution in [1.82, 2.24) is 29.9 Å². The molecule has 0 aliphatic heterocycles. The van der Waals surface area contributed by atoms with E-state index in [-0.39, 0.29) is 88.1 Å². The third-order valence-corrected chi connectivity index (χ3v) is 6.38. The zero-order chi connectivity index (χ0) is 43.6. The standard InChI is InChI=1S/3C12H8N2O6.Ru/c3*15-11(16)19-7-1-3-13-9(5-7)10-6-8(2-4-14-10)20-12(17)18;/h3*1-6H,(H,15,16)(H,17,18);/q;;;+6/p-6. The Kier molecular flexibility index (Phi) is 17.4. The molecule has 308 valence electrons. The average molecular weight is 924 g/mol. The van der Waals surface area contributed by atoms with Crippen molar-refractivity contribution in [2.45, 2.75) is 0 Å². The summed E-state index contributed by atoms with van der Waals surface area (Å²) in [6.07, 6.45) is -2.38. The van der Waals surface area contributed by atoms with Gasteiger partial charge in [0, 0.05) is 37.2 Å². The zero-order valence-corrected chi connectivity index (χ0v) is 31.5. The molecule has 0 aliphatic carbocycles. The van der Waals surface area contributed by atoms with E-state index in [9.17, 15) is 59.4 Å². The van der Waals surface area contributed by atoms with Gasteiger partial charge in [0.25, 0.3) is 36.9 Å². The largest absolute Gasteiger partial charge is 6.00 e. The number of aromatic nitrogens is 6. The number of pyridine rings is 6. The molecule has 0 unspecified atom stereocenters. The van der Waals surface area contributed by atoms with Crippen molar-refractivity contribution in [1.29, 1.82) is 0 Å². The van der Waals surface area contributed by atoms with Crippen LogP contribution in [0, 0.1) is 0 Å². The van der Waals surface area contributed by atoms with Crippen LogP contribution in [0.5, 0.6) is 34.5 Å². The van der Waals surface area contributed by atoms with Crippen molar-refractivity contribution in [2.75, 3.05) is 0 Å². The summed E-state index contributed by atoms with van der Waals surface area (Å²) < 4.78 is 26.2. The second-order valence-corrected chi connectivity index (χ2v) is 10.4. The molecule has 0 saturated carbocycles. The molecule has 0 spiro atoms. The first-order chi connectivity index (χ1) is 28.6.